The highest BCUT2D eigenvalue weighted by Crippen LogP contribution is 2.34. The normalized spacial score (nSPS) is 15.2. The zero-order chi connectivity index (χ0) is 22.2. The van der Waals surface area contributed by atoms with Gasteiger partial charge in [-0.05, 0) is 44.5 Å². The van der Waals surface area contributed by atoms with Crippen LogP contribution in [0.25, 0.3) is 6.08 Å². The Morgan fingerprint density at radius 2 is 1.40 bits per heavy atom. The van der Waals surface area contributed by atoms with E-state index in [0.29, 0.717) is 5.56 Å². The molecule has 0 spiro atoms. The second-order valence-electron chi connectivity index (χ2n) is 6.54. The van der Waals surface area contributed by atoms with Crippen LogP contribution < -0.4 is 9.91 Å². The van der Waals surface area contributed by atoms with Gasteiger partial charge in [0.15, 0.2) is 23.3 Å². The molecular weight excluding hydrogens is 405 g/mol. The van der Waals surface area contributed by atoms with E-state index >= 15 is 0 Å². The van der Waals surface area contributed by atoms with E-state index in [2.05, 4.69) is 10.0 Å². The van der Waals surface area contributed by atoms with E-state index in [4.69, 9.17) is 0 Å². The van der Waals surface area contributed by atoms with Crippen molar-refractivity contribution in [2.45, 2.75) is 20.8 Å². The Bertz CT molecular complexity index is 1030. The molecule has 0 saturated carbocycles. The lowest BCUT2D eigenvalue weighted by molar-refractivity contribution is -0.114. The highest BCUT2D eigenvalue weighted by Gasteiger charge is 2.36. The van der Waals surface area contributed by atoms with E-state index in [1.807, 2.05) is 26.0 Å². The average Bonchev–Trinajstić information content (AvgIpc) is 3.01. The topological polar surface area (TPSA) is 35.9 Å². The highest BCUT2D eigenvalue weighted by atomic mass is 19.2. The minimum Gasteiger partial charge on any atom is -0.372 e. The lowest BCUT2D eigenvalue weighted by Gasteiger charge is -2.20. The number of carbonyl (C=O) groups is 1. The van der Waals surface area contributed by atoms with Crippen LogP contribution in [0.2, 0.25) is 0 Å². The van der Waals surface area contributed by atoms with Crippen LogP contribution in [0, 0.1) is 29.1 Å². The number of amides is 1. The van der Waals surface area contributed by atoms with Crippen LogP contribution in [-0.4, -0.2) is 24.7 Å². The smallest absolute Gasteiger partial charge is 0.280 e. The number of anilines is 2. The van der Waals surface area contributed by atoms with Gasteiger partial charge in [-0.1, -0.05) is 12.1 Å². The monoisotopic (exact) mass is 423 g/mol. The van der Waals surface area contributed by atoms with Gasteiger partial charge >= 0.3 is 0 Å². The summed E-state index contributed by atoms with van der Waals surface area (Å²) in [5.41, 5.74) is 0.249. The molecule has 0 fully saturated rings. The Morgan fingerprint density at radius 1 is 0.900 bits per heavy atom. The standard InChI is InChI=1S/C21H18F5N3O/c1-4-28(5-2)13-8-6-12(7-9-13)10-14-11(3)27-29(21(14)30)20-18(25)16(23)15(22)17(24)19(20)26/h6-10H,4-5H2,1-3H3/b14-10+. The van der Waals surface area contributed by atoms with Gasteiger partial charge < -0.3 is 4.90 Å². The third-order valence-corrected chi connectivity index (χ3v) is 4.79. The van der Waals surface area contributed by atoms with Crippen LogP contribution >= 0.6 is 0 Å². The molecule has 2 aromatic carbocycles. The molecule has 0 aliphatic carbocycles. The number of hydrazone groups is 1. The van der Waals surface area contributed by atoms with E-state index in [0.717, 1.165) is 18.8 Å². The molecule has 0 radical (unpaired) electrons. The lowest BCUT2D eigenvalue weighted by atomic mass is 10.1. The molecule has 0 atom stereocenters. The van der Waals surface area contributed by atoms with E-state index in [1.54, 1.807) is 12.1 Å². The molecule has 2 aromatic rings. The Morgan fingerprint density at radius 3 is 1.90 bits per heavy atom. The molecule has 0 unspecified atom stereocenters. The Kier molecular flexibility index (Phi) is 5.91. The first kappa shape index (κ1) is 21.5. The van der Waals surface area contributed by atoms with Crippen molar-refractivity contribution in [3.8, 4) is 0 Å². The minimum atomic E-state index is -2.30. The largest absolute Gasteiger partial charge is 0.372 e. The molecule has 158 valence electrons. The highest BCUT2D eigenvalue weighted by molar-refractivity contribution is 6.32. The lowest BCUT2D eigenvalue weighted by Crippen LogP contribution is -2.25. The van der Waals surface area contributed by atoms with Crippen LogP contribution in [0.4, 0.5) is 33.3 Å². The summed E-state index contributed by atoms with van der Waals surface area (Å²) in [5, 5.41) is 3.91. The number of benzene rings is 2. The second kappa shape index (κ2) is 8.25. The van der Waals surface area contributed by atoms with E-state index in [9.17, 15) is 26.7 Å². The third kappa shape index (κ3) is 3.55. The van der Waals surface area contributed by atoms with Crippen molar-refractivity contribution in [3.63, 3.8) is 0 Å². The summed E-state index contributed by atoms with van der Waals surface area (Å²) >= 11 is 0. The Hall–Kier alpha value is -3.23. The fraction of sp³-hybridized carbons (Fsp3) is 0.238. The number of hydrogen-bond donors (Lipinski definition) is 0. The molecule has 1 aliphatic heterocycles. The zero-order valence-corrected chi connectivity index (χ0v) is 16.4. The van der Waals surface area contributed by atoms with Gasteiger partial charge in [-0.15, -0.1) is 0 Å². The maximum atomic E-state index is 14.1. The van der Waals surface area contributed by atoms with Crippen molar-refractivity contribution in [1.82, 2.24) is 0 Å². The van der Waals surface area contributed by atoms with Crippen molar-refractivity contribution < 1.29 is 26.7 Å². The van der Waals surface area contributed by atoms with Gasteiger partial charge in [0.1, 0.15) is 5.69 Å². The van der Waals surface area contributed by atoms with Gasteiger partial charge in [0.25, 0.3) is 5.91 Å². The molecule has 30 heavy (non-hydrogen) atoms. The van der Waals surface area contributed by atoms with Gasteiger partial charge in [-0.2, -0.15) is 10.1 Å². The van der Waals surface area contributed by atoms with Crippen molar-refractivity contribution in [1.29, 1.82) is 0 Å². The molecule has 0 aromatic heterocycles. The fourth-order valence-corrected chi connectivity index (χ4v) is 3.15. The summed E-state index contributed by atoms with van der Waals surface area (Å²) in [6.07, 6.45) is 1.44. The average molecular weight is 423 g/mol. The summed E-state index contributed by atoms with van der Waals surface area (Å²) in [6.45, 7) is 7.07. The number of hydrogen-bond acceptors (Lipinski definition) is 3. The quantitative estimate of drug-likeness (QED) is 0.293. The summed E-state index contributed by atoms with van der Waals surface area (Å²) in [6, 6.07) is 7.21. The number of halogens is 5. The molecule has 3 rings (SSSR count). The first-order valence-corrected chi connectivity index (χ1v) is 9.19. The van der Waals surface area contributed by atoms with Crippen LogP contribution in [0.5, 0.6) is 0 Å². The summed E-state index contributed by atoms with van der Waals surface area (Å²) in [7, 11) is 0. The molecular formula is C21H18F5N3O. The Labute approximate surface area is 169 Å². The summed E-state index contributed by atoms with van der Waals surface area (Å²) in [5.74, 6) is -11.8. The molecule has 4 nitrogen and oxygen atoms in total. The predicted octanol–water partition coefficient (Wildman–Crippen LogP) is 5.03. The van der Waals surface area contributed by atoms with Crippen molar-refractivity contribution in [3.05, 3.63) is 64.5 Å². The summed E-state index contributed by atoms with van der Waals surface area (Å²) in [4.78, 5) is 14.8. The van der Waals surface area contributed by atoms with Crippen molar-refractivity contribution in [2.24, 2.45) is 5.10 Å². The number of nitrogens with zero attached hydrogens (tertiary/aromatic N) is 3. The fourth-order valence-electron chi connectivity index (χ4n) is 3.15. The maximum Gasteiger partial charge on any atom is 0.280 e. The third-order valence-electron chi connectivity index (χ3n) is 4.79. The van der Waals surface area contributed by atoms with Gasteiger partial charge in [0.05, 0.1) is 11.3 Å². The first-order valence-electron chi connectivity index (χ1n) is 9.19. The van der Waals surface area contributed by atoms with E-state index in [1.165, 1.54) is 13.0 Å². The minimum absolute atomic E-state index is 0.0190. The predicted molar refractivity (Wildman–Crippen MR) is 105 cm³/mol. The molecule has 1 aliphatic rings. The van der Waals surface area contributed by atoms with Crippen LogP contribution in [-0.2, 0) is 4.79 Å². The molecule has 0 saturated heterocycles. The SMILES string of the molecule is CCN(CC)c1ccc(/C=C2/C(=O)N(c3c(F)c(F)c(F)c(F)c3F)N=C2C)cc1. The van der Waals surface area contributed by atoms with Crippen LogP contribution in [0.1, 0.15) is 26.3 Å². The van der Waals surface area contributed by atoms with Gasteiger partial charge in [0, 0.05) is 18.8 Å². The van der Waals surface area contributed by atoms with Crippen molar-refractivity contribution in [2.75, 3.05) is 23.0 Å². The Balaban J connectivity index is 1.97. The van der Waals surface area contributed by atoms with Crippen molar-refractivity contribution >= 4 is 29.1 Å². The maximum absolute atomic E-state index is 14.1. The number of carbonyl (C=O) groups excluding carboxylic acids is 1. The molecule has 0 bridgehead atoms. The van der Waals surface area contributed by atoms with Gasteiger partial charge in [-0.3, -0.25) is 4.79 Å². The van der Waals surface area contributed by atoms with Gasteiger partial charge in [0.2, 0.25) is 5.82 Å². The van der Waals surface area contributed by atoms with E-state index in [-0.39, 0.29) is 16.3 Å². The van der Waals surface area contributed by atoms with Gasteiger partial charge in [-0.25, -0.2) is 22.0 Å². The van der Waals surface area contributed by atoms with Crippen LogP contribution in [0.3, 0.4) is 0 Å². The van der Waals surface area contributed by atoms with E-state index < -0.39 is 40.7 Å². The summed E-state index contributed by atoms with van der Waals surface area (Å²) < 4.78 is 68.5. The molecule has 0 N–H and O–H groups in total. The van der Waals surface area contributed by atoms with Crippen LogP contribution in [0.15, 0.2) is 34.9 Å². The zero-order valence-electron chi connectivity index (χ0n) is 16.4. The second-order valence-corrected chi connectivity index (χ2v) is 6.54. The number of rotatable bonds is 5. The molecule has 1 heterocycles. The molecule has 1 amide bonds. The molecule has 9 heteroatoms. The first-order chi connectivity index (χ1) is 14.2.